The Labute approximate surface area is 116 Å². The molecule has 3 rings (SSSR count). The van der Waals surface area contributed by atoms with Crippen molar-refractivity contribution in [2.45, 2.75) is 13.0 Å². The molecular weight excluding hydrogens is 259 g/mol. The number of hydrogen-bond donors (Lipinski definition) is 1. The van der Waals surface area contributed by atoms with Gasteiger partial charge in [-0.1, -0.05) is 12.1 Å². The average Bonchev–Trinajstić information content (AvgIpc) is 3.03. The maximum Gasteiger partial charge on any atom is 0.324 e. The van der Waals surface area contributed by atoms with Gasteiger partial charge in [-0.05, 0) is 24.1 Å². The fourth-order valence-corrected chi connectivity index (χ4v) is 2.28. The molecule has 0 bridgehead atoms. The lowest BCUT2D eigenvalue weighted by Gasteiger charge is -2.15. The molecule has 0 atom stereocenters. The molecule has 104 valence electrons. The minimum Gasteiger partial charge on any atom is -0.337 e. The lowest BCUT2D eigenvalue weighted by molar-refractivity contribution is 0.247. The minimum absolute atomic E-state index is 0.142. The highest BCUT2D eigenvalue weighted by atomic mass is 19.1. The van der Waals surface area contributed by atoms with Crippen molar-refractivity contribution in [3.05, 3.63) is 48.0 Å². The van der Waals surface area contributed by atoms with E-state index in [1.165, 1.54) is 12.1 Å². The zero-order valence-corrected chi connectivity index (χ0v) is 10.9. The van der Waals surface area contributed by atoms with Crippen molar-refractivity contribution >= 4 is 12.0 Å². The SMILES string of the molecule is O=C(NCCc1ccc(F)cc1)N1CCn2ccnc21. The van der Waals surface area contributed by atoms with Gasteiger partial charge in [0, 0.05) is 32.0 Å². The van der Waals surface area contributed by atoms with Crippen molar-refractivity contribution in [2.24, 2.45) is 0 Å². The van der Waals surface area contributed by atoms with Gasteiger partial charge in [0.1, 0.15) is 5.82 Å². The van der Waals surface area contributed by atoms with E-state index in [0.29, 0.717) is 25.5 Å². The number of urea groups is 1. The number of carbonyl (C=O) groups excluding carboxylic acids is 1. The number of anilines is 1. The van der Waals surface area contributed by atoms with Gasteiger partial charge in [-0.2, -0.15) is 0 Å². The van der Waals surface area contributed by atoms with Crippen LogP contribution in [0.3, 0.4) is 0 Å². The van der Waals surface area contributed by atoms with Crippen LogP contribution in [0.2, 0.25) is 0 Å². The first kappa shape index (κ1) is 12.7. The zero-order chi connectivity index (χ0) is 13.9. The van der Waals surface area contributed by atoms with Crippen LogP contribution in [0.25, 0.3) is 0 Å². The third-order valence-electron chi connectivity index (χ3n) is 3.35. The van der Waals surface area contributed by atoms with Gasteiger partial charge in [0.05, 0.1) is 0 Å². The van der Waals surface area contributed by atoms with Crippen molar-refractivity contribution in [1.29, 1.82) is 0 Å². The maximum atomic E-state index is 12.8. The smallest absolute Gasteiger partial charge is 0.324 e. The van der Waals surface area contributed by atoms with Gasteiger partial charge in [0.25, 0.3) is 0 Å². The zero-order valence-electron chi connectivity index (χ0n) is 10.9. The molecule has 0 unspecified atom stereocenters. The van der Waals surface area contributed by atoms with Crippen LogP contribution >= 0.6 is 0 Å². The number of nitrogens with zero attached hydrogens (tertiary/aromatic N) is 3. The largest absolute Gasteiger partial charge is 0.337 e. The lowest BCUT2D eigenvalue weighted by atomic mass is 10.1. The standard InChI is InChI=1S/C14H15FN4O/c15-12-3-1-11(2-4-12)5-6-17-14(20)19-10-9-18-8-7-16-13(18)19/h1-4,7-8H,5-6,9-10H2,(H,17,20). The summed E-state index contributed by atoms with van der Waals surface area (Å²) in [6.45, 7) is 1.94. The number of rotatable bonds is 3. The summed E-state index contributed by atoms with van der Waals surface area (Å²) in [6, 6.07) is 6.16. The summed E-state index contributed by atoms with van der Waals surface area (Å²) in [5.74, 6) is 0.436. The number of hydrogen-bond acceptors (Lipinski definition) is 2. The van der Waals surface area contributed by atoms with Gasteiger partial charge in [0.15, 0.2) is 0 Å². The Hall–Kier alpha value is -2.37. The fraction of sp³-hybridized carbons (Fsp3) is 0.286. The molecule has 0 spiro atoms. The van der Waals surface area contributed by atoms with Crippen LogP contribution in [0, 0.1) is 5.82 Å². The average molecular weight is 274 g/mol. The molecule has 2 aromatic rings. The maximum absolute atomic E-state index is 12.8. The van der Waals surface area contributed by atoms with E-state index in [1.807, 2.05) is 10.8 Å². The number of aromatic nitrogens is 2. The number of carbonyl (C=O) groups is 1. The van der Waals surface area contributed by atoms with Crippen molar-refractivity contribution in [2.75, 3.05) is 18.0 Å². The van der Waals surface area contributed by atoms with Crippen molar-refractivity contribution in [3.8, 4) is 0 Å². The number of amides is 2. The second-order valence-electron chi connectivity index (χ2n) is 4.68. The summed E-state index contributed by atoms with van der Waals surface area (Å²) in [5, 5.41) is 2.86. The van der Waals surface area contributed by atoms with E-state index in [0.717, 1.165) is 12.1 Å². The number of halogens is 1. The van der Waals surface area contributed by atoms with Crippen LogP contribution in [0.1, 0.15) is 5.56 Å². The van der Waals surface area contributed by atoms with Crippen LogP contribution in [0.5, 0.6) is 0 Å². The number of fused-ring (bicyclic) bond motifs is 1. The Kier molecular flexibility index (Phi) is 3.37. The summed E-state index contributed by atoms with van der Waals surface area (Å²) in [4.78, 5) is 17.8. The summed E-state index contributed by atoms with van der Waals surface area (Å²) < 4.78 is 14.7. The summed E-state index contributed by atoms with van der Waals surface area (Å²) in [6.07, 6.45) is 4.22. The molecule has 2 amide bonds. The Balaban J connectivity index is 1.52. The summed E-state index contributed by atoms with van der Waals surface area (Å²) >= 11 is 0. The molecule has 5 nitrogen and oxygen atoms in total. The molecular formula is C14H15FN4O. The molecule has 1 aromatic heterocycles. The molecule has 0 fully saturated rings. The molecule has 2 heterocycles. The Morgan fingerprint density at radius 3 is 2.90 bits per heavy atom. The van der Waals surface area contributed by atoms with Gasteiger partial charge in [0.2, 0.25) is 5.95 Å². The third kappa shape index (κ3) is 2.49. The molecule has 0 aliphatic carbocycles. The molecule has 20 heavy (non-hydrogen) atoms. The quantitative estimate of drug-likeness (QED) is 0.927. The van der Waals surface area contributed by atoms with Gasteiger partial charge in [-0.25, -0.2) is 14.2 Å². The van der Waals surface area contributed by atoms with Crippen molar-refractivity contribution in [1.82, 2.24) is 14.9 Å². The van der Waals surface area contributed by atoms with E-state index >= 15 is 0 Å². The first-order valence-electron chi connectivity index (χ1n) is 6.55. The summed E-state index contributed by atoms with van der Waals surface area (Å²) in [7, 11) is 0. The van der Waals surface area contributed by atoms with E-state index in [1.54, 1.807) is 23.2 Å². The van der Waals surface area contributed by atoms with Crippen LogP contribution in [0.15, 0.2) is 36.7 Å². The van der Waals surface area contributed by atoms with E-state index < -0.39 is 0 Å². The molecule has 6 heteroatoms. The molecule has 0 saturated heterocycles. The number of imidazole rings is 1. The van der Waals surface area contributed by atoms with E-state index in [9.17, 15) is 9.18 Å². The lowest BCUT2D eigenvalue weighted by Crippen LogP contribution is -2.40. The summed E-state index contributed by atoms with van der Waals surface area (Å²) in [5.41, 5.74) is 0.995. The van der Waals surface area contributed by atoms with E-state index in [2.05, 4.69) is 10.3 Å². The molecule has 1 aliphatic heterocycles. The Bertz CT molecular complexity index is 608. The normalized spacial score (nSPS) is 13.3. The van der Waals surface area contributed by atoms with Crippen LogP contribution in [0.4, 0.5) is 15.1 Å². The van der Waals surface area contributed by atoms with Crippen LogP contribution in [-0.4, -0.2) is 28.7 Å². The van der Waals surface area contributed by atoms with Crippen molar-refractivity contribution < 1.29 is 9.18 Å². The molecule has 1 aromatic carbocycles. The van der Waals surface area contributed by atoms with E-state index in [-0.39, 0.29) is 11.8 Å². The Morgan fingerprint density at radius 1 is 1.30 bits per heavy atom. The molecule has 0 saturated carbocycles. The predicted octanol–water partition coefficient (Wildman–Crippen LogP) is 1.79. The molecule has 0 radical (unpaired) electrons. The molecule has 1 N–H and O–H groups in total. The van der Waals surface area contributed by atoms with Crippen LogP contribution in [-0.2, 0) is 13.0 Å². The topological polar surface area (TPSA) is 50.2 Å². The highest BCUT2D eigenvalue weighted by Crippen LogP contribution is 2.17. The minimum atomic E-state index is -0.248. The fourth-order valence-electron chi connectivity index (χ4n) is 2.28. The Morgan fingerprint density at radius 2 is 2.10 bits per heavy atom. The monoisotopic (exact) mass is 274 g/mol. The second kappa shape index (κ2) is 5.32. The number of benzene rings is 1. The highest BCUT2D eigenvalue weighted by Gasteiger charge is 2.25. The first-order chi connectivity index (χ1) is 9.74. The van der Waals surface area contributed by atoms with Crippen LogP contribution < -0.4 is 10.2 Å². The molecule has 1 aliphatic rings. The van der Waals surface area contributed by atoms with Gasteiger partial charge in [-0.15, -0.1) is 0 Å². The van der Waals surface area contributed by atoms with Gasteiger partial charge in [-0.3, -0.25) is 4.90 Å². The van der Waals surface area contributed by atoms with Gasteiger partial charge >= 0.3 is 6.03 Å². The predicted molar refractivity (Wildman–Crippen MR) is 73.1 cm³/mol. The van der Waals surface area contributed by atoms with Gasteiger partial charge < -0.3 is 9.88 Å². The first-order valence-corrected chi connectivity index (χ1v) is 6.55. The number of nitrogens with one attached hydrogen (secondary N) is 1. The second-order valence-corrected chi connectivity index (χ2v) is 4.68. The highest BCUT2D eigenvalue weighted by molar-refractivity contribution is 5.90. The third-order valence-corrected chi connectivity index (χ3v) is 3.35. The van der Waals surface area contributed by atoms with Crippen molar-refractivity contribution in [3.63, 3.8) is 0 Å². The van der Waals surface area contributed by atoms with E-state index in [4.69, 9.17) is 0 Å².